The third-order valence-corrected chi connectivity index (χ3v) is 3.95. The predicted molar refractivity (Wildman–Crippen MR) is 94.5 cm³/mol. The number of benzene rings is 2. The molecule has 2 aromatic rings. The number of ether oxygens (including phenoxy) is 1. The maximum atomic E-state index is 12.2. The second kappa shape index (κ2) is 6.84. The van der Waals surface area contributed by atoms with E-state index in [9.17, 15) is 4.79 Å². The Hall–Kier alpha value is -2.66. The van der Waals surface area contributed by atoms with Crippen molar-refractivity contribution in [3.05, 3.63) is 70.7 Å². The van der Waals surface area contributed by atoms with Crippen LogP contribution in [0.15, 0.2) is 54.6 Å². The highest BCUT2D eigenvalue weighted by molar-refractivity contribution is 6.30. The van der Waals surface area contributed by atoms with Crippen molar-refractivity contribution >= 4 is 29.1 Å². The quantitative estimate of drug-likeness (QED) is 0.915. The van der Waals surface area contributed by atoms with Crippen molar-refractivity contribution in [3.63, 3.8) is 0 Å². The molecule has 0 saturated heterocycles. The van der Waals surface area contributed by atoms with Crippen molar-refractivity contribution in [2.24, 2.45) is 0 Å². The van der Waals surface area contributed by atoms with Gasteiger partial charge in [0, 0.05) is 23.2 Å². The molecule has 1 amide bonds. The molecule has 0 aliphatic carbocycles. The Bertz CT molecular complexity index is 760. The molecular weight excluding hydrogens is 326 g/mol. The van der Waals surface area contributed by atoms with E-state index < -0.39 is 6.09 Å². The molecule has 1 heterocycles. The molecule has 0 fully saturated rings. The molecule has 0 atom stereocenters. The van der Waals surface area contributed by atoms with Gasteiger partial charge in [-0.3, -0.25) is 10.4 Å². The Morgan fingerprint density at radius 3 is 2.38 bits per heavy atom. The second-order valence-electron chi connectivity index (χ2n) is 5.24. The van der Waals surface area contributed by atoms with Crippen LogP contribution in [0.2, 0.25) is 5.02 Å². The van der Waals surface area contributed by atoms with Crippen LogP contribution in [-0.4, -0.2) is 29.9 Å². The van der Waals surface area contributed by atoms with Crippen molar-refractivity contribution < 1.29 is 9.53 Å². The van der Waals surface area contributed by atoms with Crippen LogP contribution in [0, 0.1) is 0 Å². The van der Waals surface area contributed by atoms with E-state index >= 15 is 0 Å². The summed E-state index contributed by atoms with van der Waals surface area (Å²) in [6, 6.07) is 17.3. The Balaban J connectivity index is 2.06. The van der Waals surface area contributed by atoms with E-state index in [2.05, 4.69) is 5.43 Å². The number of carbonyl (C=O) groups excluding carboxylic acids is 1. The fourth-order valence-electron chi connectivity index (χ4n) is 2.59. The first-order valence-corrected chi connectivity index (χ1v) is 8.02. The summed E-state index contributed by atoms with van der Waals surface area (Å²) < 4.78 is 5.12. The molecule has 0 aromatic heterocycles. The van der Waals surface area contributed by atoms with Gasteiger partial charge < -0.3 is 4.74 Å². The van der Waals surface area contributed by atoms with Crippen LogP contribution < -0.4 is 5.43 Å². The summed E-state index contributed by atoms with van der Waals surface area (Å²) in [6.45, 7) is 2.08. The number of hydrogen-bond acceptors (Lipinski definition) is 4. The predicted octanol–water partition coefficient (Wildman–Crippen LogP) is 3.99. The van der Waals surface area contributed by atoms with Gasteiger partial charge in [-0.2, -0.15) is 0 Å². The lowest BCUT2D eigenvalue weighted by Crippen LogP contribution is -2.45. The van der Waals surface area contributed by atoms with Gasteiger partial charge in [-0.05, 0) is 19.1 Å². The maximum Gasteiger partial charge on any atom is 0.448 e. The van der Waals surface area contributed by atoms with Gasteiger partial charge in [0.1, 0.15) is 0 Å². The molecule has 0 bridgehead atoms. The van der Waals surface area contributed by atoms with Crippen LogP contribution in [0.4, 0.5) is 4.79 Å². The van der Waals surface area contributed by atoms with Crippen LogP contribution >= 0.6 is 11.6 Å². The third kappa shape index (κ3) is 3.03. The van der Waals surface area contributed by atoms with E-state index in [1.54, 1.807) is 11.9 Å². The van der Waals surface area contributed by atoms with Crippen LogP contribution in [0.1, 0.15) is 18.1 Å². The van der Waals surface area contributed by atoms with Gasteiger partial charge in [-0.25, -0.2) is 4.79 Å². The zero-order valence-electron chi connectivity index (χ0n) is 13.5. The molecule has 3 rings (SSSR count). The average molecular weight is 344 g/mol. The van der Waals surface area contributed by atoms with E-state index in [0.717, 1.165) is 22.5 Å². The molecule has 0 spiro atoms. The van der Waals surface area contributed by atoms with Gasteiger partial charge in [0.2, 0.25) is 0 Å². The summed E-state index contributed by atoms with van der Waals surface area (Å²) >= 11 is 5.99. The molecule has 1 aliphatic rings. The van der Waals surface area contributed by atoms with Gasteiger partial charge in [0.25, 0.3) is 0 Å². The molecule has 6 heteroatoms. The average Bonchev–Trinajstić information content (AvgIpc) is 2.94. The highest BCUT2D eigenvalue weighted by atomic mass is 35.5. The number of amides is 1. The summed E-state index contributed by atoms with van der Waals surface area (Å²) in [6.07, 6.45) is -0.461. The van der Waals surface area contributed by atoms with Gasteiger partial charge in [-0.15, -0.1) is 5.12 Å². The van der Waals surface area contributed by atoms with E-state index in [1.165, 1.54) is 5.12 Å². The summed E-state index contributed by atoms with van der Waals surface area (Å²) in [5.74, 6) is 0. The first-order chi connectivity index (χ1) is 11.6. The number of carbonyl (C=O) groups is 1. The fraction of sp³-hybridized carbons (Fsp3) is 0.167. The van der Waals surface area contributed by atoms with Gasteiger partial charge in [0.15, 0.2) is 0 Å². The van der Waals surface area contributed by atoms with Crippen molar-refractivity contribution in [1.29, 1.82) is 0 Å². The molecule has 0 unspecified atom stereocenters. The standard InChI is InChI=1S/C18H18ClN3O2/c1-3-24-18(23)22-20-16(13-9-11-15(19)12-10-13)17(21(22)2)14-7-5-4-6-8-14/h4-12,20H,3H2,1-2H3. The summed E-state index contributed by atoms with van der Waals surface area (Å²) in [5, 5.41) is 3.77. The second-order valence-corrected chi connectivity index (χ2v) is 5.68. The van der Waals surface area contributed by atoms with Gasteiger partial charge >= 0.3 is 6.09 Å². The third-order valence-electron chi connectivity index (χ3n) is 3.70. The number of hydrogen-bond donors (Lipinski definition) is 1. The Labute approximate surface area is 146 Å². The molecule has 0 saturated carbocycles. The SMILES string of the molecule is CCOC(=O)N1NC(c2ccc(Cl)cc2)=C(c2ccccc2)N1C. The van der Waals surface area contributed by atoms with Crippen LogP contribution in [0.25, 0.3) is 11.4 Å². The largest absolute Gasteiger partial charge is 0.448 e. The van der Waals surface area contributed by atoms with Gasteiger partial charge in [0.05, 0.1) is 18.0 Å². The fourth-order valence-corrected chi connectivity index (χ4v) is 2.72. The number of nitrogens with one attached hydrogen (secondary N) is 1. The molecule has 24 heavy (non-hydrogen) atoms. The van der Waals surface area contributed by atoms with Crippen molar-refractivity contribution in [3.8, 4) is 0 Å². The minimum absolute atomic E-state index is 0.307. The highest BCUT2D eigenvalue weighted by Crippen LogP contribution is 2.33. The number of hydrazine groups is 2. The maximum absolute atomic E-state index is 12.2. The zero-order chi connectivity index (χ0) is 17.1. The number of rotatable bonds is 3. The van der Waals surface area contributed by atoms with E-state index in [4.69, 9.17) is 16.3 Å². The molecule has 0 radical (unpaired) electrons. The van der Waals surface area contributed by atoms with Gasteiger partial charge in [-0.1, -0.05) is 54.1 Å². The van der Waals surface area contributed by atoms with E-state index in [1.807, 2.05) is 61.6 Å². The Morgan fingerprint density at radius 1 is 1.08 bits per heavy atom. The highest BCUT2D eigenvalue weighted by Gasteiger charge is 2.33. The smallest absolute Gasteiger partial charge is 0.447 e. The first kappa shape index (κ1) is 16.2. The van der Waals surface area contributed by atoms with E-state index in [-0.39, 0.29) is 0 Å². The number of nitrogens with zero attached hydrogens (tertiary/aromatic N) is 2. The Kier molecular flexibility index (Phi) is 4.62. The topological polar surface area (TPSA) is 44.8 Å². The lowest BCUT2D eigenvalue weighted by atomic mass is 10.1. The Morgan fingerprint density at radius 2 is 1.75 bits per heavy atom. The summed E-state index contributed by atoms with van der Waals surface area (Å²) in [7, 11) is 1.81. The molecule has 1 N–H and O–H groups in total. The first-order valence-electron chi connectivity index (χ1n) is 7.64. The lowest BCUT2D eigenvalue weighted by molar-refractivity contribution is 0.0227. The lowest BCUT2D eigenvalue weighted by Gasteiger charge is -2.26. The normalized spacial score (nSPS) is 14.0. The van der Waals surface area contributed by atoms with Crippen LogP contribution in [0.3, 0.4) is 0 Å². The van der Waals surface area contributed by atoms with Crippen molar-refractivity contribution in [1.82, 2.24) is 15.6 Å². The minimum Gasteiger partial charge on any atom is -0.447 e. The zero-order valence-corrected chi connectivity index (χ0v) is 14.2. The van der Waals surface area contributed by atoms with Crippen LogP contribution in [0.5, 0.6) is 0 Å². The molecule has 1 aliphatic heterocycles. The molecule has 2 aromatic carbocycles. The van der Waals surface area contributed by atoms with Crippen molar-refractivity contribution in [2.45, 2.75) is 6.92 Å². The molecular formula is C18H18ClN3O2. The van der Waals surface area contributed by atoms with E-state index in [0.29, 0.717) is 11.6 Å². The molecule has 124 valence electrons. The van der Waals surface area contributed by atoms with Crippen molar-refractivity contribution in [2.75, 3.05) is 13.7 Å². The van der Waals surface area contributed by atoms with Crippen LogP contribution in [-0.2, 0) is 4.74 Å². The number of halogens is 1. The molecule has 5 nitrogen and oxygen atoms in total. The minimum atomic E-state index is -0.461. The summed E-state index contributed by atoms with van der Waals surface area (Å²) in [4.78, 5) is 12.2. The summed E-state index contributed by atoms with van der Waals surface area (Å²) in [5.41, 5.74) is 6.74. The monoisotopic (exact) mass is 343 g/mol.